The van der Waals surface area contributed by atoms with Gasteiger partial charge in [-0.25, -0.2) is 0 Å². The molecule has 27 heavy (non-hydrogen) atoms. The summed E-state index contributed by atoms with van der Waals surface area (Å²) in [5.41, 5.74) is 6.76. The number of likely N-dealkylation sites (N-methyl/N-ethyl adjacent to an activating group) is 1. The normalized spacial score (nSPS) is 11.3. The average Bonchev–Trinajstić information content (AvgIpc) is 2.62. The van der Waals surface area contributed by atoms with Crippen molar-refractivity contribution >= 4 is 29.1 Å². The van der Waals surface area contributed by atoms with Crippen LogP contribution in [0.4, 0.5) is 11.4 Å². The first-order chi connectivity index (χ1) is 12.9. The van der Waals surface area contributed by atoms with E-state index in [9.17, 15) is 14.4 Å². The van der Waals surface area contributed by atoms with Crippen LogP contribution in [0.5, 0.6) is 5.75 Å². The maximum absolute atomic E-state index is 12.1. The van der Waals surface area contributed by atoms with Crippen LogP contribution in [0.3, 0.4) is 0 Å². The monoisotopic (exact) mass is 371 g/mol. The Morgan fingerprint density at radius 1 is 0.889 bits per heavy atom. The van der Waals surface area contributed by atoms with Gasteiger partial charge in [-0.15, -0.1) is 0 Å². The first-order valence-electron chi connectivity index (χ1n) is 8.32. The molecule has 8 heteroatoms. The zero-order chi connectivity index (χ0) is 19.8. The van der Waals surface area contributed by atoms with Crippen LogP contribution in [-0.4, -0.2) is 45.0 Å². The minimum Gasteiger partial charge on any atom is -0.497 e. The molecule has 0 heterocycles. The van der Waals surface area contributed by atoms with Crippen molar-refractivity contribution < 1.29 is 24.0 Å². The Labute approximate surface area is 157 Å². The smallest absolute Gasteiger partial charge is 0.279 e. The number of primary amides is 1. The molecule has 0 aliphatic heterocycles. The highest BCUT2D eigenvalue weighted by Gasteiger charge is 2.14. The van der Waals surface area contributed by atoms with Gasteiger partial charge in [0.15, 0.2) is 13.1 Å². The van der Waals surface area contributed by atoms with Gasteiger partial charge in [-0.3, -0.25) is 14.4 Å². The maximum atomic E-state index is 12.1. The molecule has 0 radical (unpaired) electrons. The lowest BCUT2D eigenvalue weighted by atomic mass is 10.2. The molecule has 0 fully saturated rings. The van der Waals surface area contributed by atoms with Crippen molar-refractivity contribution in [1.29, 1.82) is 0 Å². The fourth-order valence-corrected chi connectivity index (χ4v) is 2.41. The number of hydrogen-bond donors (Lipinski definition) is 4. The first-order valence-corrected chi connectivity index (χ1v) is 8.32. The van der Waals surface area contributed by atoms with Crippen LogP contribution < -0.4 is 26.0 Å². The number of ether oxygens (including phenoxy) is 1. The van der Waals surface area contributed by atoms with Crippen molar-refractivity contribution in [3.63, 3.8) is 0 Å². The van der Waals surface area contributed by atoms with Gasteiger partial charge in [0.25, 0.3) is 11.8 Å². The number of carbonyl (C=O) groups is 3. The van der Waals surface area contributed by atoms with E-state index in [1.54, 1.807) is 50.6 Å². The number of hydrogen-bond acceptors (Lipinski definition) is 4. The topological polar surface area (TPSA) is 115 Å². The summed E-state index contributed by atoms with van der Waals surface area (Å²) in [7, 11) is 3.33. The molecule has 3 amide bonds. The summed E-state index contributed by atoms with van der Waals surface area (Å²) < 4.78 is 5.07. The van der Waals surface area contributed by atoms with E-state index in [1.165, 1.54) is 12.1 Å². The van der Waals surface area contributed by atoms with Crippen molar-refractivity contribution in [2.24, 2.45) is 5.73 Å². The molecule has 0 aromatic heterocycles. The maximum Gasteiger partial charge on any atom is 0.279 e. The van der Waals surface area contributed by atoms with E-state index < -0.39 is 5.91 Å². The molecule has 2 aromatic rings. The Kier molecular flexibility index (Phi) is 6.90. The standard InChI is InChI=1S/C19H22N4O4/c1-23(12-18(25)22-15-7-9-16(27-2)10-8-15)11-17(24)21-14-5-3-13(4-6-14)19(20)26/h3-10H,11-12H2,1-2H3,(H2,20,26)(H,21,24)(H,22,25)/p+1. The molecular formula is C19H23N4O4+. The fraction of sp³-hybridized carbons (Fsp3) is 0.211. The van der Waals surface area contributed by atoms with Crippen LogP contribution in [0.2, 0.25) is 0 Å². The molecule has 0 aliphatic rings. The number of anilines is 2. The second kappa shape index (κ2) is 9.35. The van der Waals surface area contributed by atoms with Gasteiger partial charge in [0.05, 0.1) is 14.2 Å². The molecule has 5 N–H and O–H groups in total. The Balaban J connectivity index is 1.79. The second-order valence-electron chi connectivity index (χ2n) is 6.08. The molecule has 142 valence electrons. The first kappa shape index (κ1) is 19.9. The number of nitrogens with two attached hydrogens (primary N) is 1. The Hall–Kier alpha value is -3.39. The highest BCUT2D eigenvalue weighted by Crippen LogP contribution is 2.14. The molecular weight excluding hydrogens is 348 g/mol. The lowest BCUT2D eigenvalue weighted by Crippen LogP contribution is -3.11. The third kappa shape index (κ3) is 6.44. The Morgan fingerprint density at radius 3 is 1.74 bits per heavy atom. The van der Waals surface area contributed by atoms with Gasteiger partial charge < -0.3 is 26.0 Å². The van der Waals surface area contributed by atoms with Gasteiger partial charge >= 0.3 is 0 Å². The van der Waals surface area contributed by atoms with Gasteiger partial charge in [-0.1, -0.05) is 0 Å². The molecule has 0 saturated heterocycles. The number of quaternary nitrogens is 1. The fourth-order valence-electron chi connectivity index (χ4n) is 2.41. The van der Waals surface area contributed by atoms with E-state index in [2.05, 4.69) is 10.6 Å². The summed E-state index contributed by atoms with van der Waals surface area (Å²) in [4.78, 5) is 35.9. The quantitative estimate of drug-likeness (QED) is 0.518. The third-order valence-electron chi connectivity index (χ3n) is 3.75. The van der Waals surface area contributed by atoms with Gasteiger partial charge in [0.1, 0.15) is 5.75 Å². The summed E-state index contributed by atoms with van der Waals surface area (Å²) >= 11 is 0. The molecule has 1 atom stereocenters. The van der Waals surface area contributed by atoms with Gasteiger partial charge in [-0.2, -0.15) is 0 Å². The van der Waals surface area contributed by atoms with Crippen LogP contribution in [0, 0.1) is 0 Å². The number of amides is 3. The largest absolute Gasteiger partial charge is 0.497 e. The Bertz CT molecular complexity index is 803. The van der Waals surface area contributed by atoms with Crippen molar-refractivity contribution in [1.82, 2.24) is 0 Å². The van der Waals surface area contributed by atoms with E-state index >= 15 is 0 Å². The molecule has 8 nitrogen and oxygen atoms in total. The van der Waals surface area contributed by atoms with Crippen LogP contribution in [0.15, 0.2) is 48.5 Å². The third-order valence-corrected chi connectivity index (χ3v) is 3.75. The highest BCUT2D eigenvalue weighted by molar-refractivity contribution is 5.95. The van der Waals surface area contributed by atoms with Gasteiger partial charge in [0, 0.05) is 16.9 Å². The van der Waals surface area contributed by atoms with E-state index in [0.29, 0.717) is 22.7 Å². The van der Waals surface area contributed by atoms with Crippen molar-refractivity contribution in [3.05, 3.63) is 54.1 Å². The van der Waals surface area contributed by atoms with Crippen LogP contribution >= 0.6 is 0 Å². The predicted molar refractivity (Wildman–Crippen MR) is 102 cm³/mol. The Morgan fingerprint density at radius 2 is 1.33 bits per heavy atom. The van der Waals surface area contributed by atoms with Crippen LogP contribution in [0.25, 0.3) is 0 Å². The number of benzene rings is 2. The lowest BCUT2D eigenvalue weighted by molar-refractivity contribution is -0.862. The molecule has 0 aliphatic carbocycles. The SMILES string of the molecule is COc1ccc(NC(=O)C[NH+](C)CC(=O)Nc2ccc(C(N)=O)cc2)cc1. The summed E-state index contributed by atoms with van der Waals surface area (Å²) in [5, 5.41) is 5.49. The minimum absolute atomic E-state index is 0.119. The molecule has 0 spiro atoms. The number of rotatable bonds is 8. The van der Waals surface area contributed by atoms with E-state index in [4.69, 9.17) is 10.5 Å². The minimum atomic E-state index is -0.528. The zero-order valence-corrected chi connectivity index (χ0v) is 15.2. The van der Waals surface area contributed by atoms with Crippen molar-refractivity contribution in [2.45, 2.75) is 0 Å². The van der Waals surface area contributed by atoms with Crippen LogP contribution in [0.1, 0.15) is 10.4 Å². The van der Waals surface area contributed by atoms with Gasteiger partial charge in [0.2, 0.25) is 5.91 Å². The summed E-state index contributed by atoms with van der Waals surface area (Å²) in [6.45, 7) is 0.258. The van der Waals surface area contributed by atoms with Crippen LogP contribution in [-0.2, 0) is 9.59 Å². The lowest BCUT2D eigenvalue weighted by Gasteiger charge is -2.14. The number of methoxy groups -OCH3 is 1. The predicted octanol–water partition coefficient (Wildman–Crippen LogP) is -0.114. The zero-order valence-electron chi connectivity index (χ0n) is 15.2. The van der Waals surface area contributed by atoms with Crippen molar-refractivity contribution in [2.75, 3.05) is 37.9 Å². The molecule has 2 aromatic carbocycles. The van der Waals surface area contributed by atoms with E-state index in [0.717, 1.165) is 4.90 Å². The molecule has 0 bridgehead atoms. The summed E-state index contributed by atoms with van der Waals surface area (Å²) in [5.74, 6) is -0.260. The van der Waals surface area contributed by atoms with E-state index in [-0.39, 0.29) is 24.9 Å². The summed E-state index contributed by atoms with van der Waals surface area (Å²) in [6, 6.07) is 13.3. The molecule has 2 rings (SSSR count). The summed E-state index contributed by atoms with van der Waals surface area (Å²) in [6.07, 6.45) is 0. The van der Waals surface area contributed by atoms with E-state index in [1.807, 2.05) is 0 Å². The van der Waals surface area contributed by atoms with Gasteiger partial charge in [-0.05, 0) is 48.5 Å². The highest BCUT2D eigenvalue weighted by atomic mass is 16.5. The average molecular weight is 371 g/mol. The van der Waals surface area contributed by atoms with Crippen molar-refractivity contribution in [3.8, 4) is 5.75 Å². The molecule has 0 saturated carbocycles. The number of carbonyl (C=O) groups excluding carboxylic acids is 3. The second-order valence-corrected chi connectivity index (χ2v) is 6.08. The molecule has 1 unspecified atom stereocenters. The number of nitrogens with one attached hydrogen (secondary N) is 3.